The minimum atomic E-state index is -0.614. The normalized spacial score (nSPS) is 10.3. The Morgan fingerprint density at radius 2 is 1.93 bits per heavy atom. The molecule has 8 heteroatoms. The minimum Gasteiger partial charge on any atom is -0.493 e. The lowest BCUT2D eigenvalue weighted by molar-refractivity contribution is -0.120. The topological polar surface area (TPSA) is 117 Å². The van der Waals surface area contributed by atoms with Gasteiger partial charge in [0, 0.05) is 17.3 Å². The van der Waals surface area contributed by atoms with E-state index in [1.54, 1.807) is 18.2 Å². The van der Waals surface area contributed by atoms with Crippen molar-refractivity contribution in [3.8, 4) is 23.0 Å². The molecular weight excluding hydrogens is 362 g/mol. The van der Waals surface area contributed by atoms with Crippen LogP contribution in [0, 0.1) is 0 Å². The summed E-state index contributed by atoms with van der Waals surface area (Å²) in [5.74, 6) is 0.279. The Balaban J connectivity index is 1.65. The fourth-order valence-corrected chi connectivity index (χ4v) is 2.49. The number of amides is 2. The Hall–Kier alpha value is -3.81. The number of aromatic nitrogens is 1. The molecule has 0 spiro atoms. The third-order valence-corrected chi connectivity index (χ3v) is 3.73. The molecule has 2 amide bonds. The molecule has 0 aliphatic rings. The molecular formula is C20H19N3O5. The van der Waals surface area contributed by atoms with Gasteiger partial charge in [-0.1, -0.05) is 18.2 Å². The number of ether oxygens (including phenoxy) is 2. The van der Waals surface area contributed by atoms with Crippen LogP contribution in [0.5, 0.6) is 11.5 Å². The van der Waals surface area contributed by atoms with Gasteiger partial charge in [-0.2, -0.15) is 0 Å². The molecule has 0 saturated heterocycles. The van der Waals surface area contributed by atoms with Crippen LogP contribution >= 0.6 is 0 Å². The summed E-state index contributed by atoms with van der Waals surface area (Å²) in [6, 6.07) is 14.2. The van der Waals surface area contributed by atoms with E-state index in [9.17, 15) is 9.59 Å². The van der Waals surface area contributed by atoms with E-state index in [2.05, 4.69) is 10.3 Å². The van der Waals surface area contributed by atoms with Gasteiger partial charge in [-0.05, 0) is 24.3 Å². The van der Waals surface area contributed by atoms with Gasteiger partial charge in [0.1, 0.15) is 6.26 Å². The van der Waals surface area contributed by atoms with Crippen molar-refractivity contribution in [1.29, 1.82) is 0 Å². The molecule has 3 aromatic rings. The first kappa shape index (κ1) is 19.0. The molecule has 0 fully saturated rings. The Morgan fingerprint density at radius 3 is 2.64 bits per heavy atom. The van der Waals surface area contributed by atoms with Gasteiger partial charge in [0.05, 0.1) is 19.2 Å². The second-order valence-corrected chi connectivity index (χ2v) is 5.86. The monoisotopic (exact) mass is 381 g/mol. The van der Waals surface area contributed by atoms with Crippen LogP contribution in [-0.2, 0) is 16.0 Å². The fourth-order valence-electron chi connectivity index (χ4n) is 2.49. The molecule has 0 aliphatic heterocycles. The Labute approximate surface area is 161 Å². The third kappa shape index (κ3) is 4.88. The number of anilines is 1. The third-order valence-electron chi connectivity index (χ3n) is 3.73. The first-order valence-electron chi connectivity index (χ1n) is 8.44. The van der Waals surface area contributed by atoms with Crippen molar-refractivity contribution in [2.45, 2.75) is 6.42 Å². The first-order chi connectivity index (χ1) is 13.5. The summed E-state index contributed by atoms with van der Waals surface area (Å²) in [4.78, 5) is 27.6. The zero-order chi connectivity index (χ0) is 19.9. The van der Waals surface area contributed by atoms with Crippen LogP contribution in [0.1, 0.15) is 5.69 Å². The van der Waals surface area contributed by atoms with Gasteiger partial charge < -0.3 is 24.9 Å². The minimum absolute atomic E-state index is 0.0415. The van der Waals surface area contributed by atoms with E-state index in [1.807, 2.05) is 30.3 Å². The average Bonchev–Trinajstić information content (AvgIpc) is 3.15. The van der Waals surface area contributed by atoms with E-state index < -0.39 is 5.91 Å². The number of nitrogens with zero attached hydrogens (tertiary/aromatic N) is 1. The molecule has 8 nitrogen and oxygen atoms in total. The standard InChI is InChI=1S/C20H19N3O5/c1-26-16-8-7-14(9-17(16)27-12-18(21)24)22-19(25)10-15-11-28-20(23-15)13-5-3-2-4-6-13/h2-9,11H,10,12H2,1H3,(H2,21,24)(H,22,25). The predicted molar refractivity (Wildman–Crippen MR) is 102 cm³/mol. The summed E-state index contributed by atoms with van der Waals surface area (Å²) in [5, 5.41) is 2.75. The maximum absolute atomic E-state index is 12.3. The number of nitrogens with two attached hydrogens (primary N) is 1. The average molecular weight is 381 g/mol. The summed E-state index contributed by atoms with van der Waals surface area (Å²) in [6.07, 6.45) is 1.50. The Bertz CT molecular complexity index is 969. The molecule has 0 bridgehead atoms. The molecule has 3 N–H and O–H groups in total. The van der Waals surface area contributed by atoms with Crippen LogP contribution in [0.15, 0.2) is 59.2 Å². The molecule has 0 aliphatic carbocycles. The van der Waals surface area contributed by atoms with E-state index in [1.165, 1.54) is 13.4 Å². The highest BCUT2D eigenvalue weighted by atomic mass is 16.5. The summed E-state index contributed by atoms with van der Waals surface area (Å²) in [7, 11) is 1.47. The van der Waals surface area contributed by atoms with Crippen LogP contribution < -0.4 is 20.5 Å². The number of carbonyl (C=O) groups excluding carboxylic acids is 2. The summed E-state index contributed by atoms with van der Waals surface area (Å²) >= 11 is 0. The van der Waals surface area contributed by atoms with E-state index in [4.69, 9.17) is 19.6 Å². The maximum Gasteiger partial charge on any atom is 0.255 e. The zero-order valence-corrected chi connectivity index (χ0v) is 15.2. The number of methoxy groups -OCH3 is 1. The van der Waals surface area contributed by atoms with Gasteiger partial charge in [0.15, 0.2) is 18.1 Å². The van der Waals surface area contributed by atoms with Crippen LogP contribution in [0.2, 0.25) is 0 Å². The molecule has 28 heavy (non-hydrogen) atoms. The van der Waals surface area contributed by atoms with Gasteiger partial charge in [-0.25, -0.2) is 4.98 Å². The van der Waals surface area contributed by atoms with Crippen LogP contribution in [0.3, 0.4) is 0 Å². The summed E-state index contributed by atoms with van der Waals surface area (Å²) in [5.41, 5.74) is 6.92. The van der Waals surface area contributed by atoms with Gasteiger partial charge in [-0.3, -0.25) is 9.59 Å². The molecule has 3 rings (SSSR count). The molecule has 144 valence electrons. The number of hydrogen-bond acceptors (Lipinski definition) is 6. The van der Waals surface area contributed by atoms with E-state index in [0.29, 0.717) is 28.8 Å². The van der Waals surface area contributed by atoms with Gasteiger partial charge in [-0.15, -0.1) is 0 Å². The number of oxazole rings is 1. The highest BCUT2D eigenvalue weighted by molar-refractivity contribution is 5.92. The van der Waals surface area contributed by atoms with Crippen molar-refractivity contribution in [3.63, 3.8) is 0 Å². The van der Waals surface area contributed by atoms with Crippen LogP contribution in [-0.4, -0.2) is 30.5 Å². The van der Waals surface area contributed by atoms with Crippen LogP contribution in [0.25, 0.3) is 11.5 Å². The number of benzene rings is 2. The maximum atomic E-state index is 12.3. The van der Waals surface area contributed by atoms with Gasteiger partial charge in [0.25, 0.3) is 5.91 Å². The van der Waals surface area contributed by atoms with E-state index in [-0.39, 0.29) is 18.9 Å². The fraction of sp³-hybridized carbons (Fsp3) is 0.150. The summed E-state index contributed by atoms with van der Waals surface area (Å²) in [6.45, 7) is -0.297. The SMILES string of the molecule is COc1ccc(NC(=O)Cc2coc(-c3ccccc3)n2)cc1OCC(N)=O. The number of hydrogen-bond donors (Lipinski definition) is 2. The number of primary amides is 1. The predicted octanol–water partition coefficient (Wildman–Crippen LogP) is 2.40. The van der Waals surface area contributed by atoms with Gasteiger partial charge >= 0.3 is 0 Å². The van der Waals surface area contributed by atoms with E-state index in [0.717, 1.165) is 5.56 Å². The van der Waals surface area contributed by atoms with E-state index >= 15 is 0 Å². The highest BCUT2D eigenvalue weighted by Crippen LogP contribution is 2.30. The van der Waals surface area contributed by atoms with Crippen LogP contribution in [0.4, 0.5) is 5.69 Å². The number of rotatable bonds is 8. The molecule has 0 unspecified atom stereocenters. The Morgan fingerprint density at radius 1 is 1.14 bits per heavy atom. The molecule has 1 aromatic heterocycles. The molecule has 1 heterocycles. The summed E-state index contributed by atoms with van der Waals surface area (Å²) < 4.78 is 15.9. The first-order valence-corrected chi connectivity index (χ1v) is 8.44. The molecule has 0 radical (unpaired) electrons. The lowest BCUT2D eigenvalue weighted by Crippen LogP contribution is -2.20. The number of carbonyl (C=O) groups is 2. The molecule has 0 saturated carbocycles. The quantitative estimate of drug-likeness (QED) is 0.619. The van der Waals surface area contributed by atoms with Crippen molar-refractivity contribution >= 4 is 17.5 Å². The second-order valence-electron chi connectivity index (χ2n) is 5.86. The highest BCUT2D eigenvalue weighted by Gasteiger charge is 2.13. The zero-order valence-electron chi connectivity index (χ0n) is 15.2. The Kier molecular flexibility index (Phi) is 5.91. The van der Waals surface area contributed by atoms with Crippen molar-refractivity contribution in [2.24, 2.45) is 5.73 Å². The van der Waals surface area contributed by atoms with Crippen molar-refractivity contribution in [1.82, 2.24) is 4.98 Å². The van der Waals surface area contributed by atoms with Gasteiger partial charge in [0.2, 0.25) is 11.8 Å². The number of nitrogens with one attached hydrogen (secondary N) is 1. The molecule has 2 aromatic carbocycles. The lowest BCUT2D eigenvalue weighted by Gasteiger charge is -2.12. The van der Waals surface area contributed by atoms with Crippen molar-refractivity contribution in [3.05, 3.63) is 60.5 Å². The molecule has 0 atom stereocenters. The largest absolute Gasteiger partial charge is 0.493 e. The van der Waals surface area contributed by atoms with Crippen molar-refractivity contribution in [2.75, 3.05) is 19.0 Å². The smallest absolute Gasteiger partial charge is 0.255 e. The second kappa shape index (κ2) is 8.72. The lowest BCUT2D eigenvalue weighted by atomic mass is 10.2. The van der Waals surface area contributed by atoms with Crippen molar-refractivity contribution < 1.29 is 23.5 Å².